The molecule has 0 radical (unpaired) electrons. The van der Waals surface area contributed by atoms with Gasteiger partial charge in [-0.25, -0.2) is 9.78 Å². The summed E-state index contributed by atoms with van der Waals surface area (Å²) in [5, 5.41) is 7.76. The van der Waals surface area contributed by atoms with Gasteiger partial charge in [0.1, 0.15) is 0 Å². The normalized spacial score (nSPS) is 12.9. The first kappa shape index (κ1) is 19.1. The van der Waals surface area contributed by atoms with E-state index in [1.807, 2.05) is 58.8 Å². The summed E-state index contributed by atoms with van der Waals surface area (Å²) in [5.74, 6) is 0.142. The number of fused-ring (bicyclic) bond motifs is 1. The van der Waals surface area contributed by atoms with E-state index in [0.717, 1.165) is 34.6 Å². The average molecular weight is 407 g/mol. The summed E-state index contributed by atoms with van der Waals surface area (Å²) in [7, 11) is 0. The number of aryl methyl sites for hydroxylation is 1. The Labute approximate surface area is 173 Å². The van der Waals surface area contributed by atoms with E-state index < -0.39 is 0 Å². The highest BCUT2D eigenvalue weighted by Crippen LogP contribution is 2.27. The number of amides is 3. The molecule has 6 nitrogen and oxygen atoms in total. The molecule has 148 valence electrons. The van der Waals surface area contributed by atoms with E-state index in [2.05, 4.69) is 15.6 Å². The van der Waals surface area contributed by atoms with Crippen LogP contribution < -0.4 is 10.6 Å². The van der Waals surface area contributed by atoms with Gasteiger partial charge in [-0.3, -0.25) is 4.79 Å². The first-order chi connectivity index (χ1) is 14.2. The number of carbonyl (C=O) groups excluding carboxylic acids is 2. The Morgan fingerprint density at radius 2 is 1.93 bits per heavy atom. The van der Waals surface area contributed by atoms with Crippen molar-refractivity contribution in [3.8, 4) is 0 Å². The first-order valence-electron chi connectivity index (χ1n) is 9.58. The largest absolute Gasteiger partial charge is 0.338 e. The zero-order valence-electron chi connectivity index (χ0n) is 15.9. The van der Waals surface area contributed by atoms with E-state index in [9.17, 15) is 9.59 Å². The van der Waals surface area contributed by atoms with Gasteiger partial charge in [0, 0.05) is 36.3 Å². The molecular formula is C22H22N4O2S. The molecule has 3 amide bonds. The highest BCUT2D eigenvalue weighted by molar-refractivity contribution is 7.07. The maximum Gasteiger partial charge on any atom is 0.323 e. The van der Waals surface area contributed by atoms with Crippen LogP contribution >= 0.6 is 11.3 Å². The van der Waals surface area contributed by atoms with Crippen LogP contribution in [0, 0.1) is 0 Å². The maximum absolute atomic E-state index is 12.6. The third-order valence-corrected chi connectivity index (χ3v) is 5.61. The molecule has 2 aromatic carbocycles. The third kappa shape index (κ3) is 4.81. The van der Waals surface area contributed by atoms with E-state index >= 15 is 0 Å². The SMILES string of the molecule is O=C(Nc1ccccc1)Nc1cccc2c1CCN(C(=O)CCc1cscn1)C2. The van der Waals surface area contributed by atoms with E-state index in [-0.39, 0.29) is 11.9 Å². The Morgan fingerprint density at radius 1 is 1.07 bits per heavy atom. The minimum absolute atomic E-state index is 0.142. The van der Waals surface area contributed by atoms with Crippen molar-refractivity contribution in [2.75, 3.05) is 17.2 Å². The Bertz CT molecular complexity index is 989. The predicted molar refractivity (Wildman–Crippen MR) is 115 cm³/mol. The number of nitrogens with zero attached hydrogens (tertiary/aromatic N) is 2. The number of hydrogen-bond donors (Lipinski definition) is 2. The molecule has 0 fully saturated rings. The number of anilines is 2. The van der Waals surface area contributed by atoms with Crippen LogP contribution in [-0.2, 0) is 24.2 Å². The quantitative estimate of drug-likeness (QED) is 0.663. The number of aromatic nitrogens is 1. The van der Waals surface area contributed by atoms with Crippen molar-refractivity contribution in [1.29, 1.82) is 0 Å². The van der Waals surface area contributed by atoms with E-state index in [1.165, 1.54) is 0 Å². The third-order valence-electron chi connectivity index (χ3n) is 4.98. The molecule has 1 aromatic heterocycles. The summed E-state index contributed by atoms with van der Waals surface area (Å²) >= 11 is 1.55. The van der Waals surface area contributed by atoms with E-state index in [0.29, 0.717) is 25.9 Å². The zero-order chi connectivity index (χ0) is 20.1. The van der Waals surface area contributed by atoms with Gasteiger partial charge in [0.05, 0.1) is 11.2 Å². The van der Waals surface area contributed by atoms with Crippen LogP contribution in [-0.4, -0.2) is 28.4 Å². The van der Waals surface area contributed by atoms with Crippen molar-refractivity contribution in [3.05, 3.63) is 76.2 Å². The number of thiazole rings is 1. The van der Waals surface area contributed by atoms with Gasteiger partial charge < -0.3 is 15.5 Å². The first-order valence-corrected chi connectivity index (χ1v) is 10.5. The minimum Gasteiger partial charge on any atom is -0.338 e. The lowest BCUT2D eigenvalue weighted by Crippen LogP contribution is -2.36. The lowest BCUT2D eigenvalue weighted by Gasteiger charge is -2.30. The molecule has 3 aromatic rings. The smallest absolute Gasteiger partial charge is 0.323 e. The average Bonchev–Trinajstić information content (AvgIpc) is 3.26. The van der Waals surface area contributed by atoms with Crippen molar-refractivity contribution < 1.29 is 9.59 Å². The van der Waals surface area contributed by atoms with Crippen LogP contribution in [0.1, 0.15) is 23.2 Å². The lowest BCUT2D eigenvalue weighted by atomic mass is 9.97. The second-order valence-corrected chi connectivity index (χ2v) is 7.65. The molecule has 0 spiro atoms. The van der Waals surface area contributed by atoms with Crippen LogP contribution in [0.3, 0.4) is 0 Å². The van der Waals surface area contributed by atoms with Crippen molar-refractivity contribution in [1.82, 2.24) is 9.88 Å². The fourth-order valence-corrected chi connectivity index (χ4v) is 4.09. The summed E-state index contributed by atoms with van der Waals surface area (Å²) in [5.41, 5.74) is 6.48. The molecule has 4 rings (SSSR count). The van der Waals surface area contributed by atoms with Gasteiger partial charge in [0.15, 0.2) is 0 Å². The molecule has 2 N–H and O–H groups in total. The Kier molecular flexibility index (Phi) is 5.86. The monoisotopic (exact) mass is 406 g/mol. The molecule has 0 saturated carbocycles. The van der Waals surface area contributed by atoms with Gasteiger partial charge in [0.2, 0.25) is 5.91 Å². The van der Waals surface area contributed by atoms with Crippen LogP contribution in [0.25, 0.3) is 0 Å². The van der Waals surface area contributed by atoms with Crippen molar-refractivity contribution in [2.24, 2.45) is 0 Å². The second-order valence-electron chi connectivity index (χ2n) is 6.93. The fourth-order valence-electron chi connectivity index (χ4n) is 3.50. The summed E-state index contributed by atoms with van der Waals surface area (Å²) in [6.07, 6.45) is 1.86. The minimum atomic E-state index is -0.272. The van der Waals surface area contributed by atoms with Crippen molar-refractivity contribution in [3.63, 3.8) is 0 Å². The molecule has 2 heterocycles. The predicted octanol–water partition coefficient (Wildman–Crippen LogP) is 4.30. The number of benzene rings is 2. The van der Waals surface area contributed by atoms with Gasteiger partial charge >= 0.3 is 6.03 Å². The fraction of sp³-hybridized carbons (Fsp3) is 0.227. The Hall–Kier alpha value is -3.19. The highest BCUT2D eigenvalue weighted by atomic mass is 32.1. The summed E-state index contributed by atoms with van der Waals surface area (Å²) < 4.78 is 0. The second kappa shape index (κ2) is 8.87. The Morgan fingerprint density at radius 3 is 2.72 bits per heavy atom. The molecule has 0 aliphatic carbocycles. The van der Waals surface area contributed by atoms with Gasteiger partial charge in [-0.2, -0.15) is 0 Å². The topological polar surface area (TPSA) is 74.3 Å². The van der Waals surface area contributed by atoms with Gasteiger partial charge in [-0.05, 0) is 42.2 Å². The van der Waals surface area contributed by atoms with E-state index in [1.54, 1.807) is 16.8 Å². The summed E-state index contributed by atoms with van der Waals surface area (Å²) in [6.45, 7) is 1.23. The van der Waals surface area contributed by atoms with Crippen molar-refractivity contribution >= 4 is 34.6 Å². The van der Waals surface area contributed by atoms with Crippen LogP contribution in [0.2, 0.25) is 0 Å². The Balaban J connectivity index is 1.38. The standard InChI is InChI=1S/C22H22N4O2S/c27-21(10-9-18-14-29-15-23-18)26-12-11-19-16(13-26)5-4-8-20(19)25-22(28)24-17-6-2-1-3-7-17/h1-8,14-15H,9-13H2,(H2,24,25,28). The number of para-hydroxylation sites is 1. The lowest BCUT2D eigenvalue weighted by molar-refractivity contribution is -0.132. The molecule has 0 saturated heterocycles. The zero-order valence-corrected chi connectivity index (χ0v) is 16.7. The molecule has 1 aliphatic heterocycles. The van der Waals surface area contributed by atoms with Crippen LogP contribution in [0.15, 0.2) is 59.4 Å². The molecule has 1 aliphatic rings. The molecule has 7 heteroatoms. The van der Waals surface area contributed by atoms with Crippen molar-refractivity contribution in [2.45, 2.75) is 25.8 Å². The van der Waals surface area contributed by atoms with Crippen LogP contribution in [0.4, 0.5) is 16.2 Å². The number of carbonyl (C=O) groups is 2. The van der Waals surface area contributed by atoms with Gasteiger partial charge in [0.25, 0.3) is 0 Å². The van der Waals surface area contributed by atoms with Gasteiger partial charge in [-0.15, -0.1) is 11.3 Å². The highest BCUT2D eigenvalue weighted by Gasteiger charge is 2.23. The maximum atomic E-state index is 12.6. The number of hydrogen-bond acceptors (Lipinski definition) is 4. The molecule has 29 heavy (non-hydrogen) atoms. The number of nitrogens with one attached hydrogen (secondary N) is 2. The van der Waals surface area contributed by atoms with E-state index in [4.69, 9.17) is 0 Å². The number of urea groups is 1. The number of rotatable bonds is 5. The van der Waals surface area contributed by atoms with Gasteiger partial charge in [-0.1, -0.05) is 30.3 Å². The molecule has 0 unspecified atom stereocenters. The molecule has 0 bridgehead atoms. The summed E-state index contributed by atoms with van der Waals surface area (Å²) in [6, 6.07) is 14.9. The molecular weight excluding hydrogens is 384 g/mol. The summed E-state index contributed by atoms with van der Waals surface area (Å²) in [4.78, 5) is 31.1. The van der Waals surface area contributed by atoms with Crippen LogP contribution in [0.5, 0.6) is 0 Å². The molecule has 0 atom stereocenters.